The molecule has 0 bridgehead atoms. The molecule has 226 valence electrons. The van der Waals surface area contributed by atoms with E-state index in [1.54, 1.807) is 43.5 Å². The zero-order valence-corrected chi connectivity index (χ0v) is 26.6. The molecule has 0 saturated heterocycles. The molecule has 0 aromatic heterocycles. The predicted molar refractivity (Wildman–Crippen MR) is 168 cm³/mol. The van der Waals surface area contributed by atoms with E-state index in [-0.39, 0.29) is 33.1 Å². The number of carbonyl (C=O) groups is 2. The van der Waals surface area contributed by atoms with Crippen LogP contribution in [0, 0.1) is 6.92 Å². The number of benzene rings is 3. The van der Waals surface area contributed by atoms with Gasteiger partial charge in [-0.15, -0.1) is 0 Å². The number of carbonyl (C=O) groups excluding carboxylic acids is 2. The molecule has 8 nitrogen and oxygen atoms in total. The molecule has 3 rings (SSSR count). The van der Waals surface area contributed by atoms with Gasteiger partial charge < -0.3 is 15.0 Å². The molecule has 0 radical (unpaired) electrons. The summed E-state index contributed by atoms with van der Waals surface area (Å²) in [7, 11) is -2.65. The van der Waals surface area contributed by atoms with Crippen LogP contribution < -0.4 is 14.4 Å². The maximum atomic E-state index is 14.1. The number of unbranched alkanes of at least 4 members (excludes halogenated alkanes) is 1. The Kier molecular flexibility index (Phi) is 12.1. The van der Waals surface area contributed by atoms with Gasteiger partial charge in [0.05, 0.1) is 27.7 Å². The van der Waals surface area contributed by atoms with Crippen molar-refractivity contribution < 1.29 is 22.7 Å². The number of nitrogens with zero attached hydrogens (tertiary/aromatic N) is 2. The fourth-order valence-electron chi connectivity index (χ4n) is 4.36. The zero-order valence-electron chi connectivity index (χ0n) is 24.3. The van der Waals surface area contributed by atoms with Gasteiger partial charge in [0, 0.05) is 13.1 Å². The van der Waals surface area contributed by atoms with E-state index in [0.717, 1.165) is 28.3 Å². The third-order valence-electron chi connectivity index (χ3n) is 6.81. The molecule has 3 aromatic rings. The van der Waals surface area contributed by atoms with Crippen LogP contribution in [0.1, 0.15) is 44.2 Å². The smallest absolute Gasteiger partial charge is 0.264 e. The molecule has 0 fully saturated rings. The Labute approximate surface area is 258 Å². The van der Waals surface area contributed by atoms with Crippen molar-refractivity contribution in [3.8, 4) is 5.75 Å². The lowest BCUT2D eigenvalue weighted by atomic mass is 10.1. The minimum atomic E-state index is -4.21. The van der Waals surface area contributed by atoms with Crippen LogP contribution in [0.25, 0.3) is 0 Å². The van der Waals surface area contributed by atoms with Gasteiger partial charge in [0.2, 0.25) is 11.8 Å². The number of hydrogen-bond donors (Lipinski definition) is 1. The van der Waals surface area contributed by atoms with Crippen molar-refractivity contribution in [2.24, 2.45) is 0 Å². The zero-order chi connectivity index (χ0) is 30.9. The monoisotopic (exact) mass is 633 g/mol. The van der Waals surface area contributed by atoms with Gasteiger partial charge in [0.25, 0.3) is 10.0 Å². The summed E-state index contributed by atoms with van der Waals surface area (Å²) in [6, 6.07) is 17.1. The fraction of sp³-hybridized carbons (Fsp3) is 0.355. The molecule has 0 saturated carbocycles. The number of aryl methyl sites for hydroxylation is 1. The Balaban J connectivity index is 2.05. The highest BCUT2D eigenvalue weighted by atomic mass is 35.5. The van der Waals surface area contributed by atoms with Gasteiger partial charge in [-0.05, 0) is 67.8 Å². The van der Waals surface area contributed by atoms with Gasteiger partial charge in [0.15, 0.2) is 0 Å². The Hall–Kier alpha value is -3.27. The number of methoxy groups -OCH3 is 1. The van der Waals surface area contributed by atoms with Gasteiger partial charge in [0.1, 0.15) is 18.3 Å². The fourth-order valence-corrected chi connectivity index (χ4v) is 6.06. The van der Waals surface area contributed by atoms with E-state index >= 15 is 0 Å². The highest BCUT2D eigenvalue weighted by Gasteiger charge is 2.33. The first-order valence-corrected chi connectivity index (χ1v) is 16.0. The molecule has 0 aliphatic carbocycles. The molecule has 0 heterocycles. The van der Waals surface area contributed by atoms with E-state index in [1.165, 1.54) is 35.2 Å². The first-order chi connectivity index (χ1) is 20.0. The Morgan fingerprint density at radius 1 is 0.952 bits per heavy atom. The number of nitrogens with one attached hydrogen (secondary N) is 1. The number of anilines is 1. The van der Waals surface area contributed by atoms with Crippen LogP contribution in [-0.4, -0.2) is 51.4 Å². The Bertz CT molecular complexity index is 1460. The van der Waals surface area contributed by atoms with E-state index in [0.29, 0.717) is 18.7 Å². The van der Waals surface area contributed by atoms with Crippen molar-refractivity contribution in [2.45, 2.75) is 57.5 Å². The van der Waals surface area contributed by atoms with Crippen molar-refractivity contribution in [2.75, 3.05) is 24.5 Å². The minimum absolute atomic E-state index is 0.0121. The number of halogens is 2. The largest absolute Gasteiger partial charge is 0.497 e. The second kappa shape index (κ2) is 15.3. The normalized spacial score (nSPS) is 12.0. The van der Waals surface area contributed by atoms with Crippen LogP contribution in [0.2, 0.25) is 10.0 Å². The predicted octanol–water partition coefficient (Wildman–Crippen LogP) is 6.23. The van der Waals surface area contributed by atoms with E-state index in [1.807, 2.05) is 20.8 Å². The second-order valence-electron chi connectivity index (χ2n) is 9.86. The first kappa shape index (κ1) is 33.2. The van der Waals surface area contributed by atoms with Crippen LogP contribution in [0.3, 0.4) is 0 Å². The lowest BCUT2D eigenvalue weighted by Gasteiger charge is -2.33. The highest BCUT2D eigenvalue weighted by Crippen LogP contribution is 2.31. The molecule has 42 heavy (non-hydrogen) atoms. The number of ether oxygens (including phenoxy) is 1. The molecule has 0 aliphatic heterocycles. The summed E-state index contributed by atoms with van der Waals surface area (Å²) in [5, 5.41) is 3.30. The van der Waals surface area contributed by atoms with Gasteiger partial charge in [-0.1, -0.05) is 73.3 Å². The van der Waals surface area contributed by atoms with Crippen molar-refractivity contribution in [3.63, 3.8) is 0 Å². The molecular weight excluding hydrogens is 597 g/mol. The Morgan fingerprint density at radius 3 is 2.19 bits per heavy atom. The summed E-state index contributed by atoms with van der Waals surface area (Å²) >= 11 is 12.4. The van der Waals surface area contributed by atoms with Crippen LogP contribution in [0.15, 0.2) is 71.6 Å². The molecule has 0 aliphatic rings. The highest BCUT2D eigenvalue weighted by molar-refractivity contribution is 7.92. The van der Waals surface area contributed by atoms with Crippen molar-refractivity contribution in [3.05, 3.63) is 87.9 Å². The molecule has 2 amide bonds. The average Bonchev–Trinajstić information content (AvgIpc) is 2.97. The third kappa shape index (κ3) is 8.40. The molecule has 11 heteroatoms. The lowest BCUT2D eigenvalue weighted by Crippen LogP contribution is -2.52. The van der Waals surface area contributed by atoms with Crippen LogP contribution in [0.4, 0.5) is 5.69 Å². The van der Waals surface area contributed by atoms with E-state index in [4.69, 9.17) is 27.9 Å². The van der Waals surface area contributed by atoms with Crippen LogP contribution in [-0.2, 0) is 26.2 Å². The summed E-state index contributed by atoms with van der Waals surface area (Å²) in [5.74, 6) is -0.198. The maximum absolute atomic E-state index is 14.1. The van der Waals surface area contributed by atoms with E-state index in [2.05, 4.69) is 5.32 Å². The van der Waals surface area contributed by atoms with Crippen molar-refractivity contribution in [1.29, 1.82) is 0 Å². The minimum Gasteiger partial charge on any atom is -0.497 e. The molecule has 3 aromatic carbocycles. The summed E-state index contributed by atoms with van der Waals surface area (Å²) < 4.78 is 34.2. The number of rotatable bonds is 14. The van der Waals surface area contributed by atoms with E-state index < -0.39 is 28.5 Å². The topological polar surface area (TPSA) is 96.0 Å². The Morgan fingerprint density at radius 2 is 1.62 bits per heavy atom. The van der Waals surface area contributed by atoms with Crippen molar-refractivity contribution >= 4 is 50.7 Å². The molecule has 1 atom stereocenters. The SMILES string of the molecule is CCCCNC(=O)[C@@H](CC)N(Cc1ccc(OC)cc1)C(=O)CN(c1ccc(Cl)c(Cl)c1)S(=O)(=O)c1ccc(C)cc1. The summed E-state index contributed by atoms with van der Waals surface area (Å²) in [6.07, 6.45) is 2.03. The van der Waals surface area contributed by atoms with Crippen molar-refractivity contribution in [1.82, 2.24) is 10.2 Å². The van der Waals surface area contributed by atoms with Gasteiger partial charge in [-0.3, -0.25) is 13.9 Å². The first-order valence-electron chi connectivity index (χ1n) is 13.8. The second-order valence-corrected chi connectivity index (χ2v) is 12.5. The van der Waals surface area contributed by atoms with Gasteiger partial charge in [-0.25, -0.2) is 8.42 Å². The summed E-state index contributed by atoms with van der Waals surface area (Å²) in [5.41, 5.74) is 1.81. The quantitative estimate of drug-likeness (QED) is 0.212. The number of sulfonamides is 1. The van der Waals surface area contributed by atoms with E-state index in [9.17, 15) is 18.0 Å². The molecule has 0 unspecified atom stereocenters. The van der Waals surface area contributed by atoms with Gasteiger partial charge in [-0.2, -0.15) is 0 Å². The lowest BCUT2D eigenvalue weighted by molar-refractivity contribution is -0.140. The molecule has 1 N–H and O–H groups in total. The number of amides is 2. The summed E-state index contributed by atoms with van der Waals surface area (Å²) in [6.45, 7) is 5.69. The van der Waals surface area contributed by atoms with Crippen LogP contribution in [0.5, 0.6) is 5.75 Å². The third-order valence-corrected chi connectivity index (χ3v) is 9.33. The number of hydrogen-bond acceptors (Lipinski definition) is 5. The average molecular weight is 635 g/mol. The summed E-state index contributed by atoms with van der Waals surface area (Å²) in [4.78, 5) is 28.9. The molecule has 0 spiro atoms. The molecular formula is C31H37Cl2N3O5S. The van der Waals surface area contributed by atoms with Crippen LogP contribution >= 0.6 is 23.2 Å². The standard InChI is InChI=1S/C31H37Cl2N3O5S/c1-5-7-18-34-31(38)29(6-2)35(20-23-10-13-25(41-4)14-11-23)30(37)21-36(24-12-17-27(32)28(33)19-24)42(39,40)26-15-8-22(3)9-16-26/h8-17,19,29H,5-7,18,20-21H2,1-4H3,(H,34,38)/t29-/m1/s1. The van der Waals surface area contributed by atoms with Gasteiger partial charge >= 0.3 is 0 Å². The maximum Gasteiger partial charge on any atom is 0.264 e.